The maximum Gasteiger partial charge on any atom is 0.165 e. The van der Waals surface area contributed by atoms with Crippen molar-refractivity contribution in [3.05, 3.63) is 58.9 Å². The first-order valence-electron chi connectivity index (χ1n) is 8.01. The molecule has 0 amide bonds. The zero-order valence-electron chi connectivity index (χ0n) is 14.5. The van der Waals surface area contributed by atoms with E-state index in [0.29, 0.717) is 18.4 Å². The highest BCUT2D eigenvalue weighted by Gasteiger charge is 2.11. The second-order valence-electron chi connectivity index (χ2n) is 6.36. The third-order valence-corrected chi connectivity index (χ3v) is 3.92. The Bertz CT molecular complexity index is 663. The van der Waals surface area contributed by atoms with Crippen molar-refractivity contribution in [2.24, 2.45) is 0 Å². The van der Waals surface area contributed by atoms with Crippen molar-refractivity contribution in [1.29, 1.82) is 0 Å². The number of ether oxygens (including phenoxy) is 2. The maximum atomic E-state index is 13.7. The molecule has 2 aromatic rings. The van der Waals surface area contributed by atoms with Gasteiger partial charge >= 0.3 is 0 Å². The van der Waals surface area contributed by atoms with E-state index in [1.54, 1.807) is 6.07 Å². The molecule has 0 aromatic heterocycles. The lowest BCUT2D eigenvalue weighted by Crippen LogP contribution is -2.01. The Morgan fingerprint density at radius 3 is 2.17 bits per heavy atom. The van der Waals surface area contributed by atoms with Crippen LogP contribution in [0.2, 0.25) is 0 Å². The molecule has 0 fully saturated rings. The molecule has 0 saturated carbocycles. The van der Waals surface area contributed by atoms with Gasteiger partial charge in [0.15, 0.2) is 11.6 Å². The highest BCUT2D eigenvalue weighted by Crippen LogP contribution is 2.30. The van der Waals surface area contributed by atoms with Crippen molar-refractivity contribution in [2.45, 2.75) is 46.1 Å². The van der Waals surface area contributed by atoms with Gasteiger partial charge < -0.3 is 9.47 Å². The zero-order chi connectivity index (χ0) is 17.0. The number of hydrogen-bond acceptors (Lipinski definition) is 2. The molecule has 3 heteroatoms. The van der Waals surface area contributed by atoms with Crippen LogP contribution in [0.1, 0.15) is 56.2 Å². The monoisotopic (exact) mass is 316 g/mol. The van der Waals surface area contributed by atoms with E-state index >= 15 is 0 Å². The Hall–Kier alpha value is -2.03. The van der Waals surface area contributed by atoms with Gasteiger partial charge in [-0.15, -0.1) is 0 Å². The van der Waals surface area contributed by atoms with E-state index in [2.05, 4.69) is 39.8 Å². The third-order valence-electron chi connectivity index (χ3n) is 3.92. The van der Waals surface area contributed by atoms with Gasteiger partial charge in [-0.3, -0.25) is 0 Å². The van der Waals surface area contributed by atoms with Crippen LogP contribution >= 0.6 is 0 Å². The van der Waals surface area contributed by atoms with Crippen molar-refractivity contribution in [2.75, 3.05) is 7.11 Å². The Balaban J connectivity index is 2.14. The number of benzene rings is 2. The zero-order valence-corrected chi connectivity index (χ0v) is 14.5. The molecule has 2 aromatic carbocycles. The normalized spacial score (nSPS) is 11.1. The summed E-state index contributed by atoms with van der Waals surface area (Å²) in [6.45, 7) is 9.09. The van der Waals surface area contributed by atoms with Gasteiger partial charge in [-0.1, -0.05) is 39.8 Å². The largest absolute Gasteiger partial charge is 0.494 e. The maximum absolute atomic E-state index is 13.7. The van der Waals surface area contributed by atoms with Gasteiger partial charge in [-0.2, -0.15) is 0 Å². The van der Waals surface area contributed by atoms with Gasteiger partial charge in [0.1, 0.15) is 12.4 Å². The molecule has 0 N–H and O–H groups in total. The van der Waals surface area contributed by atoms with Crippen molar-refractivity contribution < 1.29 is 13.9 Å². The predicted molar refractivity (Wildman–Crippen MR) is 91.9 cm³/mol. The van der Waals surface area contributed by atoms with Crippen LogP contribution in [0.15, 0.2) is 36.4 Å². The minimum absolute atomic E-state index is 0.247. The van der Waals surface area contributed by atoms with E-state index < -0.39 is 0 Å². The third kappa shape index (κ3) is 4.25. The molecule has 0 saturated heterocycles. The molecule has 0 radical (unpaired) electrons. The van der Waals surface area contributed by atoms with Crippen LogP contribution < -0.4 is 9.47 Å². The second kappa shape index (κ2) is 7.49. The van der Waals surface area contributed by atoms with E-state index in [-0.39, 0.29) is 11.6 Å². The van der Waals surface area contributed by atoms with Crippen molar-refractivity contribution in [3.63, 3.8) is 0 Å². The summed E-state index contributed by atoms with van der Waals surface area (Å²) in [7, 11) is 1.46. The predicted octanol–water partition coefficient (Wildman–Crippen LogP) is 5.66. The highest BCUT2D eigenvalue weighted by molar-refractivity contribution is 5.39. The molecule has 2 rings (SSSR count). The first kappa shape index (κ1) is 17.3. The molecule has 0 heterocycles. The summed E-state index contributed by atoms with van der Waals surface area (Å²) in [4.78, 5) is 0. The SMILES string of the molecule is COc1ccc(COc2ccc(C(C)C)c(C(C)C)c2)cc1F. The Morgan fingerprint density at radius 2 is 1.61 bits per heavy atom. The van der Waals surface area contributed by atoms with Crippen LogP contribution in [0.3, 0.4) is 0 Å². The summed E-state index contributed by atoms with van der Waals surface area (Å²) in [6.07, 6.45) is 0. The van der Waals surface area contributed by atoms with Crippen LogP contribution in [-0.2, 0) is 6.61 Å². The van der Waals surface area contributed by atoms with Crippen LogP contribution in [0.25, 0.3) is 0 Å². The summed E-state index contributed by atoms with van der Waals surface area (Å²) in [5, 5.41) is 0. The lowest BCUT2D eigenvalue weighted by Gasteiger charge is -2.17. The van der Waals surface area contributed by atoms with Gasteiger partial charge in [0, 0.05) is 0 Å². The first-order valence-corrected chi connectivity index (χ1v) is 8.01. The molecule has 0 spiro atoms. The van der Waals surface area contributed by atoms with Crippen LogP contribution in [0, 0.1) is 5.82 Å². The Labute approximate surface area is 138 Å². The first-order chi connectivity index (χ1) is 10.9. The fourth-order valence-electron chi connectivity index (χ4n) is 2.63. The number of rotatable bonds is 6. The van der Waals surface area contributed by atoms with E-state index in [0.717, 1.165) is 11.3 Å². The van der Waals surface area contributed by atoms with E-state index in [1.807, 2.05) is 12.1 Å². The van der Waals surface area contributed by atoms with Crippen molar-refractivity contribution in [1.82, 2.24) is 0 Å². The fraction of sp³-hybridized carbons (Fsp3) is 0.400. The number of hydrogen-bond donors (Lipinski definition) is 0. The van der Waals surface area contributed by atoms with E-state index in [1.165, 1.54) is 24.3 Å². The fourth-order valence-corrected chi connectivity index (χ4v) is 2.63. The second-order valence-corrected chi connectivity index (χ2v) is 6.36. The quantitative estimate of drug-likeness (QED) is 0.684. The molecule has 0 atom stereocenters. The molecule has 23 heavy (non-hydrogen) atoms. The molecular weight excluding hydrogens is 291 g/mol. The lowest BCUT2D eigenvalue weighted by atomic mass is 9.90. The number of halogens is 1. The summed E-state index contributed by atoms with van der Waals surface area (Å²) in [5.41, 5.74) is 3.43. The van der Waals surface area contributed by atoms with E-state index in [4.69, 9.17) is 9.47 Å². The average Bonchev–Trinajstić information content (AvgIpc) is 2.52. The summed E-state index contributed by atoms with van der Waals surface area (Å²) in [5.74, 6) is 1.62. The molecular formula is C20H25FO2. The lowest BCUT2D eigenvalue weighted by molar-refractivity contribution is 0.304. The molecule has 0 aliphatic carbocycles. The van der Waals surface area contributed by atoms with Gasteiger partial charge in [0.25, 0.3) is 0 Å². The van der Waals surface area contributed by atoms with Gasteiger partial charge in [0.05, 0.1) is 7.11 Å². The minimum Gasteiger partial charge on any atom is -0.494 e. The molecule has 2 nitrogen and oxygen atoms in total. The van der Waals surface area contributed by atoms with Gasteiger partial charge in [-0.25, -0.2) is 4.39 Å². The van der Waals surface area contributed by atoms with E-state index in [9.17, 15) is 4.39 Å². The summed E-state index contributed by atoms with van der Waals surface area (Å²) >= 11 is 0. The van der Waals surface area contributed by atoms with Crippen molar-refractivity contribution in [3.8, 4) is 11.5 Å². The molecule has 0 unspecified atom stereocenters. The molecule has 0 bridgehead atoms. The topological polar surface area (TPSA) is 18.5 Å². The van der Waals surface area contributed by atoms with Crippen LogP contribution in [0.4, 0.5) is 4.39 Å². The Kier molecular flexibility index (Phi) is 5.64. The number of methoxy groups -OCH3 is 1. The smallest absolute Gasteiger partial charge is 0.165 e. The van der Waals surface area contributed by atoms with Crippen LogP contribution in [0.5, 0.6) is 11.5 Å². The molecule has 0 aliphatic rings. The molecule has 124 valence electrons. The molecule has 0 aliphatic heterocycles. The van der Waals surface area contributed by atoms with Gasteiger partial charge in [-0.05, 0) is 52.8 Å². The minimum atomic E-state index is -0.369. The summed E-state index contributed by atoms with van der Waals surface area (Å²) in [6, 6.07) is 11.1. The van der Waals surface area contributed by atoms with Crippen LogP contribution in [-0.4, -0.2) is 7.11 Å². The average molecular weight is 316 g/mol. The Morgan fingerprint density at radius 1 is 0.913 bits per heavy atom. The van der Waals surface area contributed by atoms with Gasteiger partial charge in [0.2, 0.25) is 0 Å². The van der Waals surface area contributed by atoms with Crippen molar-refractivity contribution >= 4 is 0 Å². The summed E-state index contributed by atoms with van der Waals surface area (Å²) < 4.78 is 24.5. The highest BCUT2D eigenvalue weighted by atomic mass is 19.1. The standard InChI is InChI=1S/C20H25FO2/c1-13(2)17-8-7-16(11-18(17)14(3)4)23-12-15-6-9-20(22-5)19(21)10-15/h6-11,13-14H,12H2,1-5H3.